The van der Waals surface area contributed by atoms with Crippen molar-refractivity contribution in [3.05, 3.63) is 39.8 Å². The molecule has 3 aliphatic heterocycles. The molecule has 3 heterocycles. The van der Waals surface area contributed by atoms with E-state index >= 15 is 0 Å². The number of halogens is 2. The largest absolute Gasteiger partial charge is 0.380 e. The predicted octanol–water partition coefficient (Wildman–Crippen LogP) is 2.86. The summed E-state index contributed by atoms with van der Waals surface area (Å²) in [4.78, 5) is 16.6. The highest BCUT2D eigenvalue weighted by atomic mass is 19.1. The second-order valence-corrected chi connectivity index (χ2v) is 7.72. The fraction of sp³-hybridized carbons (Fsp3) is 0.611. The monoisotopic (exact) mass is 377 g/mol. The van der Waals surface area contributed by atoms with Crippen LogP contribution in [0, 0.1) is 17.0 Å². The van der Waals surface area contributed by atoms with Gasteiger partial charge in [-0.25, -0.2) is 8.78 Å². The van der Waals surface area contributed by atoms with Gasteiger partial charge in [-0.15, -0.1) is 0 Å². The Bertz CT molecular complexity index is 774. The number of azide groups is 1. The van der Waals surface area contributed by atoms with E-state index in [1.165, 1.54) is 12.1 Å². The molecule has 0 aromatic heterocycles. The van der Waals surface area contributed by atoms with Gasteiger partial charge >= 0.3 is 0 Å². The lowest BCUT2D eigenvalue weighted by Crippen LogP contribution is -2.51. The predicted molar refractivity (Wildman–Crippen MR) is 94.4 cm³/mol. The van der Waals surface area contributed by atoms with Gasteiger partial charge in [0.05, 0.1) is 19.1 Å². The van der Waals surface area contributed by atoms with Gasteiger partial charge in [0.2, 0.25) is 5.91 Å². The summed E-state index contributed by atoms with van der Waals surface area (Å²) >= 11 is 0. The number of nitrogens with one attached hydrogen (secondary N) is 1. The Morgan fingerprint density at radius 2 is 1.96 bits per heavy atom. The molecule has 1 spiro atoms. The molecule has 9 heteroatoms. The van der Waals surface area contributed by atoms with Gasteiger partial charge in [0, 0.05) is 36.0 Å². The van der Waals surface area contributed by atoms with Crippen molar-refractivity contribution in [3.8, 4) is 0 Å². The number of piperidine rings is 1. The lowest BCUT2D eigenvalue weighted by atomic mass is 9.76. The molecule has 2 atom stereocenters. The van der Waals surface area contributed by atoms with Crippen LogP contribution in [0.5, 0.6) is 0 Å². The first kappa shape index (κ1) is 18.0. The van der Waals surface area contributed by atoms with Gasteiger partial charge in [0.15, 0.2) is 0 Å². The van der Waals surface area contributed by atoms with Crippen LogP contribution in [-0.4, -0.2) is 44.8 Å². The summed E-state index contributed by atoms with van der Waals surface area (Å²) in [6.45, 7) is 2.78. The summed E-state index contributed by atoms with van der Waals surface area (Å²) in [6.07, 6.45) is 2.07. The third-order valence-electron chi connectivity index (χ3n) is 5.95. The second-order valence-electron chi connectivity index (χ2n) is 7.72. The highest BCUT2D eigenvalue weighted by Crippen LogP contribution is 2.41. The summed E-state index contributed by atoms with van der Waals surface area (Å²) in [5.74, 6) is -2.22. The van der Waals surface area contributed by atoms with Crippen LogP contribution in [0.3, 0.4) is 0 Å². The number of benzene rings is 1. The first-order chi connectivity index (χ1) is 13.0. The van der Waals surface area contributed by atoms with E-state index in [2.05, 4.69) is 15.3 Å². The van der Waals surface area contributed by atoms with Crippen LogP contribution in [0.15, 0.2) is 17.2 Å². The molecular weight excluding hydrogens is 356 g/mol. The number of rotatable bonds is 4. The molecule has 1 aromatic rings. The Labute approximate surface area is 155 Å². The van der Waals surface area contributed by atoms with Crippen molar-refractivity contribution >= 4 is 11.6 Å². The maximum Gasteiger partial charge on any atom is 0.227 e. The van der Waals surface area contributed by atoms with Gasteiger partial charge in [-0.2, -0.15) is 0 Å². The first-order valence-corrected chi connectivity index (χ1v) is 9.14. The Morgan fingerprint density at radius 1 is 1.30 bits per heavy atom. The lowest BCUT2D eigenvalue weighted by molar-refractivity contribution is -0.124. The molecule has 0 bridgehead atoms. The van der Waals surface area contributed by atoms with Gasteiger partial charge in [0.1, 0.15) is 17.3 Å². The third kappa shape index (κ3) is 3.33. The minimum atomic E-state index is -0.642. The van der Waals surface area contributed by atoms with E-state index in [0.29, 0.717) is 25.1 Å². The number of ether oxygens (including phenoxy) is 1. The van der Waals surface area contributed by atoms with E-state index in [9.17, 15) is 13.6 Å². The summed E-state index contributed by atoms with van der Waals surface area (Å²) in [7, 11) is 0. The van der Waals surface area contributed by atoms with E-state index in [4.69, 9.17) is 10.3 Å². The summed E-state index contributed by atoms with van der Waals surface area (Å²) < 4.78 is 34.8. The molecule has 144 valence electrons. The van der Waals surface area contributed by atoms with Crippen molar-refractivity contribution in [2.45, 2.75) is 31.2 Å². The zero-order chi connectivity index (χ0) is 19.0. The van der Waals surface area contributed by atoms with Crippen molar-refractivity contribution in [3.63, 3.8) is 0 Å². The van der Waals surface area contributed by atoms with Crippen LogP contribution < -0.4 is 10.2 Å². The average molecular weight is 377 g/mol. The van der Waals surface area contributed by atoms with Gasteiger partial charge in [-0.1, -0.05) is 5.11 Å². The minimum Gasteiger partial charge on any atom is -0.380 e. The molecule has 27 heavy (non-hydrogen) atoms. The molecule has 0 aliphatic carbocycles. The van der Waals surface area contributed by atoms with Crippen LogP contribution >= 0.6 is 0 Å². The normalized spacial score (nSPS) is 26.4. The van der Waals surface area contributed by atoms with Crippen LogP contribution in [0.1, 0.15) is 30.7 Å². The molecule has 7 nitrogen and oxygen atoms in total. The summed E-state index contributed by atoms with van der Waals surface area (Å²) in [6, 6.07) is 2.21. The standard InChI is InChI=1S/C18H21F2N5O2/c19-14-5-11(13-7-12(8-22-24-21)23-17(13)26)6-15(20)16(14)25-3-1-18(2-4-25)9-27-10-18/h5-6,12-13H,1-4,7-10H2,(H,23,26)/t12?,13-/m1/s1. The van der Waals surface area contributed by atoms with Gasteiger partial charge in [0.25, 0.3) is 0 Å². The van der Waals surface area contributed by atoms with Gasteiger partial charge < -0.3 is 15.0 Å². The number of hydrogen-bond acceptors (Lipinski definition) is 4. The van der Waals surface area contributed by atoms with Crippen molar-refractivity contribution in [2.24, 2.45) is 10.5 Å². The summed E-state index contributed by atoms with van der Waals surface area (Å²) in [5, 5.41) is 6.16. The maximum absolute atomic E-state index is 14.8. The maximum atomic E-state index is 14.8. The Kier molecular flexibility index (Phi) is 4.65. The molecule has 4 rings (SSSR count). The number of anilines is 1. The van der Waals surface area contributed by atoms with Crippen LogP contribution in [0.4, 0.5) is 14.5 Å². The zero-order valence-electron chi connectivity index (χ0n) is 14.8. The molecule has 1 aromatic carbocycles. The van der Waals surface area contributed by atoms with E-state index in [0.717, 1.165) is 26.1 Å². The number of hydrogen-bond donors (Lipinski definition) is 1. The Balaban J connectivity index is 1.50. The van der Waals surface area contributed by atoms with Gasteiger partial charge in [-0.05, 0) is 42.5 Å². The molecule has 1 unspecified atom stereocenters. The van der Waals surface area contributed by atoms with Crippen LogP contribution in [-0.2, 0) is 9.53 Å². The molecule has 1 N–H and O–H groups in total. The zero-order valence-corrected chi connectivity index (χ0v) is 14.8. The number of nitrogens with zero attached hydrogens (tertiary/aromatic N) is 4. The SMILES string of the molecule is [N-]=[N+]=NCC1C[C@H](c2cc(F)c(N3CCC4(CC3)COC4)c(F)c2)C(=O)N1. The quantitative estimate of drug-likeness (QED) is 0.497. The molecular formula is C18H21F2N5O2. The molecule has 3 aliphatic rings. The molecule has 0 saturated carbocycles. The average Bonchev–Trinajstić information content (AvgIpc) is 2.99. The number of carbonyl (C=O) groups is 1. The van der Waals surface area contributed by atoms with Crippen molar-refractivity contribution in [1.82, 2.24) is 5.32 Å². The van der Waals surface area contributed by atoms with E-state index in [1.807, 2.05) is 0 Å². The van der Waals surface area contributed by atoms with Crippen molar-refractivity contribution in [2.75, 3.05) is 37.7 Å². The van der Waals surface area contributed by atoms with Crippen LogP contribution in [0.2, 0.25) is 0 Å². The highest BCUT2D eigenvalue weighted by molar-refractivity contribution is 5.86. The molecule has 0 radical (unpaired) electrons. The lowest BCUT2D eigenvalue weighted by Gasteiger charge is -2.47. The van der Waals surface area contributed by atoms with Crippen LogP contribution in [0.25, 0.3) is 10.4 Å². The summed E-state index contributed by atoms with van der Waals surface area (Å²) in [5.41, 5.74) is 8.88. The second kappa shape index (κ2) is 6.98. The van der Waals surface area contributed by atoms with E-state index < -0.39 is 17.6 Å². The molecule has 3 fully saturated rings. The third-order valence-corrected chi connectivity index (χ3v) is 5.95. The molecule has 3 saturated heterocycles. The topological polar surface area (TPSA) is 90.3 Å². The van der Waals surface area contributed by atoms with Crippen molar-refractivity contribution in [1.29, 1.82) is 0 Å². The Hall–Kier alpha value is -2.38. The first-order valence-electron chi connectivity index (χ1n) is 9.14. The smallest absolute Gasteiger partial charge is 0.227 e. The van der Waals surface area contributed by atoms with E-state index in [1.54, 1.807) is 4.90 Å². The Morgan fingerprint density at radius 3 is 2.52 bits per heavy atom. The molecule has 1 amide bonds. The number of carbonyl (C=O) groups excluding carboxylic acids is 1. The number of amides is 1. The fourth-order valence-electron chi connectivity index (χ4n) is 4.27. The van der Waals surface area contributed by atoms with Crippen molar-refractivity contribution < 1.29 is 18.3 Å². The highest BCUT2D eigenvalue weighted by Gasteiger charge is 2.42. The van der Waals surface area contributed by atoms with Gasteiger partial charge in [-0.3, -0.25) is 4.79 Å². The van der Waals surface area contributed by atoms with E-state index in [-0.39, 0.29) is 29.6 Å². The fourth-order valence-corrected chi connectivity index (χ4v) is 4.27. The minimum absolute atomic E-state index is 0.0159.